The van der Waals surface area contributed by atoms with Gasteiger partial charge in [0.05, 0.1) is 18.7 Å². The molecule has 1 fully saturated rings. The summed E-state index contributed by atoms with van der Waals surface area (Å²) >= 11 is 0. The minimum absolute atomic E-state index is 0.0395. The molecule has 6 nitrogen and oxygen atoms in total. The van der Waals surface area contributed by atoms with E-state index in [1.165, 1.54) is 6.42 Å². The van der Waals surface area contributed by atoms with Gasteiger partial charge in [-0.25, -0.2) is 4.68 Å². The van der Waals surface area contributed by atoms with Crippen molar-refractivity contribution in [2.45, 2.75) is 51.8 Å². The number of nitrogens with zero attached hydrogens (tertiary/aromatic N) is 4. The van der Waals surface area contributed by atoms with Gasteiger partial charge in [0.1, 0.15) is 0 Å². The van der Waals surface area contributed by atoms with Crippen molar-refractivity contribution in [2.24, 2.45) is 5.92 Å². The zero-order chi connectivity index (χ0) is 13.0. The zero-order valence-corrected chi connectivity index (χ0v) is 11.5. The smallest absolute Gasteiger partial charge is 0.165 e. The van der Waals surface area contributed by atoms with Gasteiger partial charge in [0.2, 0.25) is 0 Å². The SMILES string of the molecule is COC1(Cn2nnnc2CNCC(C)C)CCC1. The van der Waals surface area contributed by atoms with Crippen LogP contribution in [-0.4, -0.2) is 39.5 Å². The minimum Gasteiger partial charge on any atom is -0.376 e. The van der Waals surface area contributed by atoms with E-state index >= 15 is 0 Å². The van der Waals surface area contributed by atoms with Gasteiger partial charge in [0.25, 0.3) is 0 Å². The molecule has 0 amide bonds. The lowest BCUT2D eigenvalue weighted by Gasteiger charge is -2.40. The molecule has 1 aromatic rings. The Kier molecular flexibility index (Phi) is 4.29. The molecule has 1 aliphatic rings. The lowest BCUT2D eigenvalue weighted by molar-refractivity contribution is -0.0863. The third-order valence-electron chi connectivity index (χ3n) is 3.58. The van der Waals surface area contributed by atoms with Crippen molar-refractivity contribution < 1.29 is 4.74 Å². The predicted molar refractivity (Wildman–Crippen MR) is 68.0 cm³/mol. The summed E-state index contributed by atoms with van der Waals surface area (Å²) in [7, 11) is 1.78. The summed E-state index contributed by atoms with van der Waals surface area (Å²) in [5.41, 5.74) is -0.0395. The monoisotopic (exact) mass is 253 g/mol. The fourth-order valence-corrected chi connectivity index (χ4v) is 2.22. The number of rotatable bonds is 7. The van der Waals surface area contributed by atoms with Gasteiger partial charge >= 0.3 is 0 Å². The van der Waals surface area contributed by atoms with Crippen LogP contribution in [0.1, 0.15) is 38.9 Å². The maximum absolute atomic E-state index is 5.61. The number of tetrazole rings is 1. The van der Waals surface area contributed by atoms with Gasteiger partial charge in [0.15, 0.2) is 5.82 Å². The summed E-state index contributed by atoms with van der Waals surface area (Å²) in [6.45, 7) is 6.82. The molecule has 0 radical (unpaired) electrons. The molecule has 0 aromatic carbocycles. The molecule has 1 aromatic heterocycles. The highest BCUT2D eigenvalue weighted by Crippen LogP contribution is 2.36. The first-order chi connectivity index (χ1) is 8.65. The molecule has 1 heterocycles. The van der Waals surface area contributed by atoms with Crippen LogP contribution in [0.4, 0.5) is 0 Å². The zero-order valence-electron chi connectivity index (χ0n) is 11.5. The van der Waals surface area contributed by atoms with Crippen LogP contribution in [0, 0.1) is 5.92 Å². The third kappa shape index (κ3) is 3.05. The van der Waals surface area contributed by atoms with E-state index in [0.29, 0.717) is 12.5 Å². The first-order valence-electron chi connectivity index (χ1n) is 6.66. The Hall–Kier alpha value is -1.01. The summed E-state index contributed by atoms with van der Waals surface area (Å²) < 4.78 is 7.48. The topological polar surface area (TPSA) is 64.9 Å². The Morgan fingerprint density at radius 3 is 2.78 bits per heavy atom. The Morgan fingerprint density at radius 1 is 1.44 bits per heavy atom. The Balaban J connectivity index is 1.91. The molecule has 0 bridgehead atoms. The number of ether oxygens (including phenoxy) is 1. The molecule has 18 heavy (non-hydrogen) atoms. The second-order valence-electron chi connectivity index (χ2n) is 5.52. The summed E-state index contributed by atoms with van der Waals surface area (Å²) in [5, 5.41) is 15.3. The van der Waals surface area contributed by atoms with Crippen molar-refractivity contribution in [3.05, 3.63) is 5.82 Å². The summed E-state index contributed by atoms with van der Waals surface area (Å²) in [6, 6.07) is 0. The second kappa shape index (κ2) is 5.75. The Bertz CT molecular complexity index is 367. The van der Waals surface area contributed by atoms with E-state index in [4.69, 9.17) is 4.74 Å². The van der Waals surface area contributed by atoms with Crippen LogP contribution < -0.4 is 5.32 Å². The predicted octanol–water partition coefficient (Wildman–Crippen LogP) is 0.988. The number of nitrogens with one attached hydrogen (secondary N) is 1. The van der Waals surface area contributed by atoms with E-state index in [1.54, 1.807) is 7.11 Å². The van der Waals surface area contributed by atoms with E-state index in [0.717, 1.165) is 31.8 Å². The van der Waals surface area contributed by atoms with E-state index in [-0.39, 0.29) is 5.60 Å². The summed E-state index contributed by atoms with van der Waals surface area (Å²) in [5.74, 6) is 1.52. The highest BCUT2D eigenvalue weighted by atomic mass is 16.5. The normalized spacial score (nSPS) is 18.0. The minimum atomic E-state index is -0.0395. The van der Waals surface area contributed by atoms with Crippen molar-refractivity contribution in [2.75, 3.05) is 13.7 Å². The molecule has 102 valence electrons. The fraction of sp³-hybridized carbons (Fsp3) is 0.917. The van der Waals surface area contributed by atoms with Crippen molar-refractivity contribution in [3.8, 4) is 0 Å². The van der Waals surface area contributed by atoms with Crippen LogP contribution in [0.2, 0.25) is 0 Å². The molecule has 1 N–H and O–H groups in total. The molecule has 0 atom stereocenters. The van der Waals surface area contributed by atoms with Crippen LogP contribution in [-0.2, 0) is 17.8 Å². The highest BCUT2D eigenvalue weighted by Gasteiger charge is 2.38. The fourth-order valence-electron chi connectivity index (χ4n) is 2.22. The van der Waals surface area contributed by atoms with Gasteiger partial charge < -0.3 is 10.1 Å². The van der Waals surface area contributed by atoms with Crippen LogP contribution >= 0.6 is 0 Å². The number of methoxy groups -OCH3 is 1. The van der Waals surface area contributed by atoms with Gasteiger partial charge in [-0.1, -0.05) is 13.8 Å². The average molecular weight is 253 g/mol. The Morgan fingerprint density at radius 2 is 2.22 bits per heavy atom. The average Bonchev–Trinajstić information content (AvgIpc) is 2.70. The van der Waals surface area contributed by atoms with Gasteiger partial charge in [-0.2, -0.15) is 0 Å². The molecular formula is C12H23N5O. The van der Waals surface area contributed by atoms with E-state index < -0.39 is 0 Å². The van der Waals surface area contributed by atoms with Crippen molar-refractivity contribution in [3.63, 3.8) is 0 Å². The quantitative estimate of drug-likeness (QED) is 0.785. The Labute approximate surface area is 108 Å². The molecule has 6 heteroatoms. The highest BCUT2D eigenvalue weighted by molar-refractivity contribution is 4.92. The molecule has 0 aliphatic heterocycles. The van der Waals surface area contributed by atoms with E-state index in [9.17, 15) is 0 Å². The number of hydrogen-bond donors (Lipinski definition) is 1. The number of aromatic nitrogens is 4. The van der Waals surface area contributed by atoms with Crippen LogP contribution in [0.3, 0.4) is 0 Å². The second-order valence-corrected chi connectivity index (χ2v) is 5.52. The maximum Gasteiger partial charge on any atom is 0.165 e. The molecule has 1 aliphatic carbocycles. The lowest BCUT2D eigenvalue weighted by atomic mass is 9.80. The number of hydrogen-bond acceptors (Lipinski definition) is 5. The standard InChI is InChI=1S/C12H23N5O/c1-10(2)7-13-8-11-14-15-16-17(11)9-12(18-3)5-4-6-12/h10,13H,4-9H2,1-3H3. The van der Waals surface area contributed by atoms with Gasteiger partial charge in [-0.3, -0.25) is 0 Å². The summed E-state index contributed by atoms with van der Waals surface area (Å²) in [6.07, 6.45) is 3.43. The van der Waals surface area contributed by atoms with Gasteiger partial charge in [0, 0.05) is 7.11 Å². The molecule has 0 spiro atoms. The first-order valence-corrected chi connectivity index (χ1v) is 6.66. The molecule has 0 unspecified atom stereocenters. The first kappa shape index (κ1) is 13.4. The van der Waals surface area contributed by atoms with Gasteiger partial charge in [-0.05, 0) is 42.2 Å². The largest absolute Gasteiger partial charge is 0.376 e. The molecule has 2 rings (SSSR count). The van der Waals surface area contributed by atoms with Crippen LogP contribution in [0.25, 0.3) is 0 Å². The maximum atomic E-state index is 5.61. The molecule has 0 saturated heterocycles. The van der Waals surface area contributed by atoms with Crippen molar-refractivity contribution >= 4 is 0 Å². The van der Waals surface area contributed by atoms with E-state index in [2.05, 4.69) is 34.7 Å². The van der Waals surface area contributed by atoms with Crippen LogP contribution in [0.5, 0.6) is 0 Å². The summed E-state index contributed by atoms with van der Waals surface area (Å²) in [4.78, 5) is 0. The van der Waals surface area contributed by atoms with E-state index in [1.807, 2.05) is 4.68 Å². The van der Waals surface area contributed by atoms with Gasteiger partial charge in [-0.15, -0.1) is 5.10 Å². The molecular weight excluding hydrogens is 230 g/mol. The van der Waals surface area contributed by atoms with Crippen molar-refractivity contribution in [1.29, 1.82) is 0 Å². The molecule has 1 saturated carbocycles. The van der Waals surface area contributed by atoms with Crippen LogP contribution in [0.15, 0.2) is 0 Å². The third-order valence-corrected chi connectivity index (χ3v) is 3.58. The van der Waals surface area contributed by atoms with Crippen molar-refractivity contribution in [1.82, 2.24) is 25.5 Å². The lowest BCUT2D eigenvalue weighted by Crippen LogP contribution is -2.44.